The molecule has 0 bridgehead atoms. The minimum atomic E-state index is -3.70. The zero-order valence-corrected chi connectivity index (χ0v) is 14.7. The average Bonchev–Trinajstić information content (AvgIpc) is 2.59. The molecule has 0 heterocycles. The van der Waals surface area contributed by atoms with Crippen LogP contribution in [0.3, 0.4) is 0 Å². The van der Waals surface area contributed by atoms with E-state index in [4.69, 9.17) is 5.26 Å². The van der Waals surface area contributed by atoms with E-state index < -0.39 is 15.9 Å². The first-order valence-electron chi connectivity index (χ1n) is 7.69. The molecule has 25 heavy (non-hydrogen) atoms. The molecule has 0 unspecified atom stereocenters. The third kappa shape index (κ3) is 5.33. The first-order chi connectivity index (χ1) is 11.9. The molecule has 0 aromatic heterocycles. The molecule has 6 nitrogen and oxygen atoms in total. The van der Waals surface area contributed by atoms with Gasteiger partial charge in [-0.05, 0) is 24.1 Å². The number of sulfonamides is 1. The summed E-state index contributed by atoms with van der Waals surface area (Å²) >= 11 is 0. The third-order valence-electron chi connectivity index (χ3n) is 3.56. The van der Waals surface area contributed by atoms with Crippen molar-refractivity contribution in [3.05, 3.63) is 65.7 Å². The van der Waals surface area contributed by atoms with Gasteiger partial charge in [0, 0.05) is 6.54 Å². The van der Waals surface area contributed by atoms with Crippen molar-refractivity contribution in [1.29, 1.82) is 5.26 Å². The van der Waals surface area contributed by atoms with Gasteiger partial charge < -0.3 is 5.32 Å². The lowest BCUT2D eigenvalue weighted by Gasteiger charge is -2.22. The average molecular weight is 357 g/mol. The first kappa shape index (κ1) is 18.5. The van der Waals surface area contributed by atoms with Gasteiger partial charge >= 0.3 is 0 Å². The second-order valence-corrected chi connectivity index (χ2v) is 7.39. The van der Waals surface area contributed by atoms with Crippen molar-refractivity contribution in [2.75, 3.05) is 23.7 Å². The number of amides is 1. The Morgan fingerprint density at radius 1 is 1.12 bits per heavy atom. The van der Waals surface area contributed by atoms with Crippen molar-refractivity contribution in [2.45, 2.75) is 6.42 Å². The van der Waals surface area contributed by atoms with E-state index in [9.17, 15) is 13.2 Å². The van der Waals surface area contributed by atoms with Gasteiger partial charge in [0.25, 0.3) is 0 Å². The van der Waals surface area contributed by atoms with Gasteiger partial charge in [0.15, 0.2) is 0 Å². The number of rotatable bonds is 7. The van der Waals surface area contributed by atoms with E-state index in [0.717, 1.165) is 16.1 Å². The Morgan fingerprint density at radius 2 is 1.76 bits per heavy atom. The Bertz CT molecular complexity index is 874. The van der Waals surface area contributed by atoms with Crippen LogP contribution in [0.1, 0.15) is 11.1 Å². The van der Waals surface area contributed by atoms with Crippen molar-refractivity contribution < 1.29 is 13.2 Å². The van der Waals surface area contributed by atoms with Crippen LogP contribution in [0.25, 0.3) is 0 Å². The minimum Gasteiger partial charge on any atom is -0.354 e. The summed E-state index contributed by atoms with van der Waals surface area (Å²) in [4.78, 5) is 12.2. The summed E-state index contributed by atoms with van der Waals surface area (Å²) in [7, 11) is -3.70. The number of carbonyl (C=O) groups excluding carboxylic acids is 1. The van der Waals surface area contributed by atoms with Gasteiger partial charge in [-0.2, -0.15) is 5.26 Å². The van der Waals surface area contributed by atoms with Crippen molar-refractivity contribution >= 4 is 21.6 Å². The molecule has 0 aliphatic heterocycles. The molecular weight excluding hydrogens is 338 g/mol. The van der Waals surface area contributed by atoms with Gasteiger partial charge in [0.1, 0.15) is 12.6 Å². The molecule has 0 saturated carbocycles. The Balaban J connectivity index is 2.05. The van der Waals surface area contributed by atoms with Crippen LogP contribution in [0.4, 0.5) is 5.69 Å². The molecular formula is C18H19N3O3S. The Labute approximate surface area is 147 Å². The van der Waals surface area contributed by atoms with E-state index in [1.54, 1.807) is 12.1 Å². The summed E-state index contributed by atoms with van der Waals surface area (Å²) in [6.45, 7) is 0.0344. The fourth-order valence-corrected chi connectivity index (χ4v) is 3.21. The van der Waals surface area contributed by atoms with Gasteiger partial charge in [-0.15, -0.1) is 0 Å². The van der Waals surface area contributed by atoms with Crippen LogP contribution in [-0.2, 0) is 21.2 Å². The highest BCUT2D eigenvalue weighted by Gasteiger charge is 2.22. The number of nitrogens with zero attached hydrogens (tertiary/aromatic N) is 2. The largest absolute Gasteiger partial charge is 0.354 e. The number of para-hydroxylation sites is 1. The van der Waals surface area contributed by atoms with Crippen molar-refractivity contribution in [3.63, 3.8) is 0 Å². The highest BCUT2D eigenvalue weighted by atomic mass is 32.2. The van der Waals surface area contributed by atoms with Gasteiger partial charge in [0.2, 0.25) is 15.9 Å². The molecule has 0 atom stereocenters. The van der Waals surface area contributed by atoms with Crippen LogP contribution in [0.15, 0.2) is 54.6 Å². The van der Waals surface area contributed by atoms with Gasteiger partial charge in [-0.1, -0.05) is 42.5 Å². The fourth-order valence-electron chi connectivity index (χ4n) is 2.34. The van der Waals surface area contributed by atoms with Crippen LogP contribution in [0, 0.1) is 11.3 Å². The molecule has 0 aliphatic rings. The fraction of sp³-hybridized carbons (Fsp3) is 0.222. The standard InChI is InChI=1S/C18H19N3O3S/c1-25(23,24)21(17-10-6-5-9-16(17)13-19)14-18(22)20-12-11-15-7-3-2-4-8-15/h2-10H,11-12,14H2,1H3,(H,20,22). The van der Waals surface area contributed by atoms with E-state index in [1.165, 1.54) is 12.1 Å². The minimum absolute atomic E-state index is 0.199. The number of benzene rings is 2. The Hall–Kier alpha value is -2.85. The molecule has 2 aromatic rings. The molecule has 2 aromatic carbocycles. The molecule has 0 saturated heterocycles. The van der Waals surface area contributed by atoms with Crippen molar-refractivity contribution in [1.82, 2.24) is 5.32 Å². The predicted octanol–water partition coefficient (Wildman–Crippen LogP) is 1.68. The Kier molecular flexibility index (Phi) is 6.14. The number of nitrogens with one attached hydrogen (secondary N) is 1. The van der Waals surface area contributed by atoms with Crippen LogP contribution in [0.2, 0.25) is 0 Å². The maximum absolute atomic E-state index is 12.2. The summed E-state index contributed by atoms with van der Waals surface area (Å²) in [6.07, 6.45) is 1.67. The molecule has 0 fully saturated rings. The molecule has 2 rings (SSSR count). The summed E-state index contributed by atoms with van der Waals surface area (Å²) < 4.78 is 25.1. The second kappa shape index (κ2) is 8.31. The van der Waals surface area contributed by atoms with Crippen LogP contribution >= 0.6 is 0 Å². The zero-order valence-electron chi connectivity index (χ0n) is 13.8. The van der Waals surface area contributed by atoms with E-state index in [2.05, 4.69) is 5.32 Å². The summed E-state index contributed by atoms with van der Waals surface area (Å²) in [5, 5.41) is 11.9. The van der Waals surface area contributed by atoms with Crippen molar-refractivity contribution in [3.8, 4) is 6.07 Å². The summed E-state index contributed by atoms with van der Waals surface area (Å²) in [5.74, 6) is -0.422. The Morgan fingerprint density at radius 3 is 2.40 bits per heavy atom. The maximum atomic E-state index is 12.2. The maximum Gasteiger partial charge on any atom is 0.240 e. The smallest absolute Gasteiger partial charge is 0.240 e. The number of carbonyl (C=O) groups is 1. The summed E-state index contributed by atoms with van der Waals surface area (Å²) in [5.41, 5.74) is 1.48. The van der Waals surface area contributed by atoms with E-state index in [1.807, 2.05) is 36.4 Å². The number of anilines is 1. The lowest BCUT2D eigenvalue weighted by molar-refractivity contribution is -0.119. The molecule has 1 amide bonds. The van der Waals surface area contributed by atoms with E-state index in [-0.39, 0.29) is 17.8 Å². The highest BCUT2D eigenvalue weighted by molar-refractivity contribution is 7.92. The number of hydrogen-bond acceptors (Lipinski definition) is 4. The molecule has 1 N–H and O–H groups in total. The molecule has 0 aliphatic carbocycles. The number of nitriles is 1. The topological polar surface area (TPSA) is 90.3 Å². The van der Waals surface area contributed by atoms with Crippen LogP contribution < -0.4 is 9.62 Å². The van der Waals surface area contributed by atoms with Gasteiger partial charge in [-0.25, -0.2) is 8.42 Å². The molecule has 0 spiro atoms. The van der Waals surface area contributed by atoms with Crippen molar-refractivity contribution in [2.24, 2.45) is 0 Å². The monoisotopic (exact) mass is 357 g/mol. The van der Waals surface area contributed by atoms with Gasteiger partial charge in [0.05, 0.1) is 17.5 Å². The zero-order chi connectivity index (χ0) is 18.3. The van der Waals surface area contributed by atoms with E-state index >= 15 is 0 Å². The highest BCUT2D eigenvalue weighted by Crippen LogP contribution is 2.21. The lowest BCUT2D eigenvalue weighted by atomic mass is 10.1. The SMILES string of the molecule is CS(=O)(=O)N(CC(=O)NCCc1ccccc1)c1ccccc1C#N. The lowest BCUT2D eigenvalue weighted by Crippen LogP contribution is -2.41. The third-order valence-corrected chi connectivity index (χ3v) is 4.69. The number of hydrogen-bond donors (Lipinski definition) is 1. The predicted molar refractivity (Wildman–Crippen MR) is 96.5 cm³/mol. The first-order valence-corrected chi connectivity index (χ1v) is 9.54. The normalized spacial score (nSPS) is 10.7. The molecule has 0 radical (unpaired) electrons. The van der Waals surface area contributed by atoms with Gasteiger partial charge in [-0.3, -0.25) is 9.10 Å². The molecule has 7 heteroatoms. The van der Waals surface area contributed by atoms with Crippen LogP contribution in [-0.4, -0.2) is 33.7 Å². The molecule has 130 valence electrons. The quantitative estimate of drug-likeness (QED) is 0.816. The summed E-state index contributed by atoms with van der Waals surface area (Å²) in [6, 6.07) is 17.9. The van der Waals surface area contributed by atoms with Crippen LogP contribution in [0.5, 0.6) is 0 Å². The van der Waals surface area contributed by atoms with E-state index in [0.29, 0.717) is 13.0 Å². The second-order valence-electron chi connectivity index (χ2n) is 5.48.